The number of rotatable bonds is 0. The fraction of sp³-hybridized carbons (Fsp3) is 0.176. The van der Waals surface area contributed by atoms with Crippen molar-refractivity contribution in [2.45, 2.75) is 19.3 Å². The van der Waals surface area contributed by atoms with Crippen molar-refractivity contribution in [1.82, 2.24) is 4.98 Å². The van der Waals surface area contributed by atoms with E-state index in [-0.39, 0.29) is 5.78 Å². The van der Waals surface area contributed by atoms with Crippen molar-refractivity contribution >= 4 is 27.5 Å². The first-order valence-electron chi connectivity index (χ1n) is 6.67. The zero-order valence-electron chi connectivity index (χ0n) is 10.5. The van der Waals surface area contributed by atoms with Crippen molar-refractivity contribution in [3.05, 3.63) is 53.7 Å². The molecule has 0 atom stereocenters. The van der Waals surface area contributed by atoms with Gasteiger partial charge in [-0.25, -0.2) is 0 Å². The van der Waals surface area contributed by atoms with Crippen molar-refractivity contribution in [2.75, 3.05) is 0 Å². The molecule has 2 aromatic carbocycles. The SMILES string of the molecule is O=C1CCCc2cnc3ccc4ccccc4c3c21. The number of hydrogen-bond donors (Lipinski definition) is 0. The first kappa shape index (κ1) is 10.7. The van der Waals surface area contributed by atoms with Crippen LogP contribution in [0.3, 0.4) is 0 Å². The van der Waals surface area contributed by atoms with Crippen LogP contribution in [0, 0.1) is 0 Å². The van der Waals surface area contributed by atoms with Gasteiger partial charge < -0.3 is 0 Å². The summed E-state index contributed by atoms with van der Waals surface area (Å²) in [6, 6.07) is 12.3. The van der Waals surface area contributed by atoms with Crippen molar-refractivity contribution < 1.29 is 4.79 Å². The van der Waals surface area contributed by atoms with Gasteiger partial charge in [-0.05, 0) is 35.2 Å². The minimum atomic E-state index is 0.269. The molecule has 0 amide bonds. The highest BCUT2D eigenvalue weighted by atomic mass is 16.1. The van der Waals surface area contributed by atoms with Gasteiger partial charge in [-0.1, -0.05) is 30.3 Å². The number of benzene rings is 2. The Hall–Kier alpha value is -2.22. The Morgan fingerprint density at radius 2 is 1.89 bits per heavy atom. The molecule has 1 aliphatic carbocycles. The second-order valence-corrected chi connectivity index (χ2v) is 5.12. The number of fused-ring (bicyclic) bond motifs is 5. The molecule has 0 saturated heterocycles. The monoisotopic (exact) mass is 247 g/mol. The predicted molar refractivity (Wildman–Crippen MR) is 76.5 cm³/mol. The number of pyridine rings is 1. The fourth-order valence-electron chi connectivity index (χ4n) is 3.08. The standard InChI is InChI=1S/C17H13NO/c19-15-7-3-5-12-10-18-14-9-8-11-4-1-2-6-13(11)17(14)16(12)15/h1-2,4,6,8-10H,3,5,7H2. The van der Waals surface area contributed by atoms with Crippen molar-refractivity contribution in [3.8, 4) is 0 Å². The Labute approximate surface area is 111 Å². The van der Waals surface area contributed by atoms with Gasteiger partial charge in [0.15, 0.2) is 5.78 Å². The second kappa shape index (κ2) is 3.89. The molecule has 19 heavy (non-hydrogen) atoms. The molecule has 0 fully saturated rings. The van der Waals surface area contributed by atoms with E-state index in [0.717, 1.165) is 40.3 Å². The largest absolute Gasteiger partial charge is 0.294 e. The Kier molecular flexibility index (Phi) is 2.18. The van der Waals surface area contributed by atoms with Gasteiger partial charge in [0.05, 0.1) is 5.52 Å². The summed E-state index contributed by atoms with van der Waals surface area (Å²) in [7, 11) is 0. The number of aromatic nitrogens is 1. The molecule has 0 aliphatic heterocycles. The Balaban J connectivity index is 2.25. The third-order valence-electron chi connectivity index (χ3n) is 3.97. The van der Waals surface area contributed by atoms with Gasteiger partial charge in [0, 0.05) is 23.6 Å². The lowest BCUT2D eigenvalue weighted by Crippen LogP contribution is -2.12. The normalized spacial score (nSPS) is 14.8. The Morgan fingerprint density at radius 3 is 2.84 bits per heavy atom. The van der Waals surface area contributed by atoms with E-state index in [2.05, 4.69) is 23.2 Å². The van der Waals surface area contributed by atoms with Gasteiger partial charge in [-0.2, -0.15) is 0 Å². The summed E-state index contributed by atoms with van der Waals surface area (Å²) in [5, 5.41) is 3.35. The first-order valence-corrected chi connectivity index (χ1v) is 6.67. The van der Waals surface area contributed by atoms with E-state index in [4.69, 9.17) is 0 Å². The summed E-state index contributed by atoms with van der Waals surface area (Å²) in [5.41, 5.74) is 2.95. The summed E-state index contributed by atoms with van der Waals surface area (Å²) in [6.07, 6.45) is 4.45. The van der Waals surface area contributed by atoms with Crippen LogP contribution in [0.2, 0.25) is 0 Å². The minimum absolute atomic E-state index is 0.269. The van der Waals surface area contributed by atoms with Crippen LogP contribution in [0.25, 0.3) is 21.7 Å². The Bertz CT molecular complexity index is 820. The molecular formula is C17H13NO. The van der Waals surface area contributed by atoms with E-state index < -0.39 is 0 Å². The molecule has 0 radical (unpaired) electrons. The summed E-state index contributed by atoms with van der Waals surface area (Å²) < 4.78 is 0. The van der Waals surface area contributed by atoms with Crippen LogP contribution in [0.15, 0.2) is 42.6 Å². The predicted octanol–water partition coefficient (Wildman–Crippen LogP) is 3.91. The lowest BCUT2D eigenvalue weighted by Gasteiger charge is -2.17. The molecule has 0 saturated carbocycles. The highest BCUT2D eigenvalue weighted by molar-refractivity contribution is 6.18. The molecule has 0 unspecified atom stereocenters. The van der Waals surface area contributed by atoms with Crippen LogP contribution < -0.4 is 0 Å². The Morgan fingerprint density at radius 1 is 1.00 bits per heavy atom. The van der Waals surface area contributed by atoms with Crippen LogP contribution in [0.5, 0.6) is 0 Å². The third kappa shape index (κ3) is 1.49. The van der Waals surface area contributed by atoms with Crippen LogP contribution >= 0.6 is 0 Å². The average Bonchev–Trinajstić information content (AvgIpc) is 2.47. The van der Waals surface area contributed by atoms with E-state index in [0.29, 0.717) is 6.42 Å². The number of aryl methyl sites for hydroxylation is 1. The van der Waals surface area contributed by atoms with Gasteiger partial charge in [-0.3, -0.25) is 9.78 Å². The number of ketones is 1. The summed E-state index contributed by atoms with van der Waals surface area (Å²) >= 11 is 0. The molecule has 0 spiro atoms. The smallest absolute Gasteiger partial charge is 0.163 e. The molecule has 2 nitrogen and oxygen atoms in total. The zero-order chi connectivity index (χ0) is 12.8. The maximum atomic E-state index is 12.3. The summed E-state index contributed by atoms with van der Waals surface area (Å²) in [5.74, 6) is 0.269. The lowest BCUT2D eigenvalue weighted by atomic mass is 9.87. The van der Waals surface area contributed by atoms with Gasteiger partial charge in [0.1, 0.15) is 0 Å². The van der Waals surface area contributed by atoms with Crippen molar-refractivity contribution in [2.24, 2.45) is 0 Å². The van der Waals surface area contributed by atoms with Crippen LogP contribution in [0.4, 0.5) is 0 Å². The van der Waals surface area contributed by atoms with E-state index >= 15 is 0 Å². The number of carbonyl (C=O) groups excluding carboxylic acids is 1. The summed E-state index contributed by atoms with van der Waals surface area (Å²) in [4.78, 5) is 16.8. The molecule has 4 rings (SSSR count). The lowest BCUT2D eigenvalue weighted by molar-refractivity contribution is 0.0974. The minimum Gasteiger partial charge on any atom is -0.294 e. The number of hydrogen-bond acceptors (Lipinski definition) is 2. The van der Waals surface area contributed by atoms with Crippen LogP contribution in [0.1, 0.15) is 28.8 Å². The van der Waals surface area contributed by atoms with Crippen molar-refractivity contribution in [3.63, 3.8) is 0 Å². The zero-order valence-corrected chi connectivity index (χ0v) is 10.5. The topological polar surface area (TPSA) is 30.0 Å². The van der Waals surface area contributed by atoms with Gasteiger partial charge >= 0.3 is 0 Å². The molecule has 3 aromatic rings. The quantitative estimate of drug-likeness (QED) is 0.564. The average molecular weight is 247 g/mol. The van der Waals surface area contributed by atoms with Gasteiger partial charge in [0.2, 0.25) is 0 Å². The highest BCUT2D eigenvalue weighted by Crippen LogP contribution is 2.32. The van der Waals surface area contributed by atoms with E-state index in [9.17, 15) is 4.79 Å². The molecule has 1 heterocycles. The number of Topliss-reactive ketones (excluding diaryl/α,β-unsaturated/α-hetero) is 1. The van der Waals surface area contributed by atoms with Crippen molar-refractivity contribution in [1.29, 1.82) is 0 Å². The van der Waals surface area contributed by atoms with E-state index in [1.807, 2.05) is 24.4 Å². The van der Waals surface area contributed by atoms with E-state index in [1.165, 1.54) is 5.39 Å². The molecule has 1 aliphatic rings. The molecule has 1 aromatic heterocycles. The molecule has 0 N–H and O–H groups in total. The third-order valence-corrected chi connectivity index (χ3v) is 3.97. The molecule has 92 valence electrons. The van der Waals surface area contributed by atoms with Crippen LogP contribution in [-0.2, 0) is 6.42 Å². The first-order chi connectivity index (χ1) is 9.34. The highest BCUT2D eigenvalue weighted by Gasteiger charge is 2.21. The van der Waals surface area contributed by atoms with Crippen LogP contribution in [-0.4, -0.2) is 10.8 Å². The summed E-state index contributed by atoms with van der Waals surface area (Å²) in [6.45, 7) is 0. The molecule has 2 heteroatoms. The van der Waals surface area contributed by atoms with Gasteiger partial charge in [-0.15, -0.1) is 0 Å². The fourth-order valence-corrected chi connectivity index (χ4v) is 3.08. The van der Waals surface area contributed by atoms with Gasteiger partial charge in [0.25, 0.3) is 0 Å². The molecule has 0 bridgehead atoms. The number of nitrogens with zero attached hydrogens (tertiary/aromatic N) is 1. The second-order valence-electron chi connectivity index (χ2n) is 5.12. The number of carbonyl (C=O) groups is 1. The maximum absolute atomic E-state index is 12.3. The van der Waals surface area contributed by atoms with E-state index in [1.54, 1.807) is 0 Å². The molecular weight excluding hydrogens is 234 g/mol. The maximum Gasteiger partial charge on any atom is 0.163 e.